The first-order valence-electron chi connectivity index (χ1n) is 5.34. The maximum absolute atomic E-state index is 11.3. The van der Waals surface area contributed by atoms with E-state index in [0.717, 1.165) is 6.07 Å². The lowest BCUT2D eigenvalue weighted by Crippen LogP contribution is -2.20. The Morgan fingerprint density at radius 2 is 2.16 bits per heavy atom. The Bertz CT molecular complexity index is 573. The molecule has 0 radical (unpaired) electrons. The fraction of sp³-hybridized carbons (Fsp3) is 0.400. The van der Waals surface area contributed by atoms with E-state index in [0.29, 0.717) is 6.54 Å². The molecule has 0 bridgehead atoms. The molecule has 0 saturated heterocycles. The minimum Gasteiger partial charge on any atom is -0.380 e. The van der Waals surface area contributed by atoms with Crippen LogP contribution in [0.5, 0.6) is 0 Å². The molecule has 0 aromatic heterocycles. The zero-order valence-corrected chi connectivity index (χ0v) is 11.3. The van der Waals surface area contributed by atoms with Gasteiger partial charge in [-0.15, -0.1) is 0 Å². The largest absolute Gasteiger partial charge is 0.380 e. The topological polar surface area (TPSA) is 125 Å². The number of hydrogen-bond donors (Lipinski definition) is 2. The monoisotopic (exact) mass is 289 g/mol. The van der Waals surface area contributed by atoms with Gasteiger partial charge in [0, 0.05) is 13.7 Å². The highest BCUT2D eigenvalue weighted by Crippen LogP contribution is 2.31. The van der Waals surface area contributed by atoms with Crippen molar-refractivity contribution in [2.45, 2.75) is 17.9 Å². The number of hydrogen-bond acceptors (Lipinski definition) is 6. The van der Waals surface area contributed by atoms with Crippen LogP contribution in [0.4, 0.5) is 11.4 Å². The molecule has 1 atom stereocenters. The second-order valence-corrected chi connectivity index (χ2v) is 5.41. The molecule has 0 saturated carbocycles. The van der Waals surface area contributed by atoms with Gasteiger partial charge >= 0.3 is 5.69 Å². The molecule has 1 unspecified atom stereocenters. The van der Waals surface area contributed by atoms with E-state index in [1.165, 1.54) is 19.2 Å². The summed E-state index contributed by atoms with van der Waals surface area (Å²) in [6.45, 7) is 2.06. The third kappa shape index (κ3) is 3.88. The van der Waals surface area contributed by atoms with Gasteiger partial charge < -0.3 is 10.1 Å². The highest BCUT2D eigenvalue weighted by atomic mass is 32.2. The van der Waals surface area contributed by atoms with Crippen molar-refractivity contribution in [3.8, 4) is 0 Å². The summed E-state index contributed by atoms with van der Waals surface area (Å²) in [4.78, 5) is 9.72. The smallest absolute Gasteiger partial charge is 0.312 e. The number of nitrogens with one attached hydrogen (secondary N) is 1. The van der Waals surface area contributed by atoms with Gasteiger partial charge in [-0.05, 0) is 19.1 Å². The van der Waals surface area contributed by atoms with Crippen LogP contribution < -0.4 is 10.5 Å². The number of nitro benzene ring substituents is 1. The quantitative estimate of drug-likeness (QED) is 0.586. The highest BCUT2D eigenvalue weighted by Gasteiger charge is 2.26. The predicted molar refractivity (Wildman–Crippen MR) is 69.4 cm³/mol. The highest BCUT2D eigenvalue weighted by molar-refractivity contribution is 7.89. The molecule has 9 heteroatoms. The van der Waals surface area contributed by atoms with E-state index in [-0.39, 0.29) is 11.8 Å². The number of benzene rings is 1. The summed E-state index contributed by atoms with van der Waals surface area (Å²) in [5, 5.41) is 18.8. The van der Waals surface area contributed by atoms with Gasteiger partial charge in [-0.3, -0.25) is 10.1 Å². The van der Waals surface area contributed by atoms with E-state index in [2.05, 4.69) is 5.32 Å². The number of ether oxygens (including phenoxy) is 1. The van der Waals surface area contributed by atoms with E-state index in [1.54, 1.807) is 6.92 Å². The average molecular weight is 289 g/mol. The molecule has 1 rings (SSSR count). The number of nitrogens with zero attached hydrogens (tertiary/aromatic N) is 1. The van der Waals surface area contributed by atoms with Crippen LogP contribution in [-0.2, 0) is 14.8 Å². The van der Waals surface area contributed by atoms with E-state index in [9.17, 15) is 18.5 Å². The van der Waals surface area contributed by atoms with Crippen LogP contribution in [0.3, 0.4) is 0 Å². The third-order valence-electron chi connectivity index (χ3n) is 2.47. The number of nitro groups is 1. The summed E-state index contributed by atoms with van der Waals surface area (Å²) in [5.41, 5.74) is -0.478. The van der Waals surface area contributed by atoms with Crippen LogP contribution in [0.1, 0.15) is 6.92 Å². The van der Waals surface area contributed by atoms with E-state index >= 15 is 0 Å². The molecular formula is C10H15N3O5S. The number of rotatable bonds is 6. The van der Waals surface area contributed by atoms with Crippen molar-refractivity contribution in [1.29, 1.82) is 0 Å². The molecule has 8 nitrogen and oxygen atoms in total. The van der Waals surface area contributed by atoms with Gasteiger partial charge in [0.1, 0.15) is 5.69 Å². The second kappa shape index (κ2) is 5.95. The lowest BCUT2D eigenvalue weighted by Gasteiger charge is -2.13. The van der Waals surface area contributed by atoms with Crippen molar-refractivity contribution in [1.82, 2.24) is 0 Å². The first-order chi connectivity index (χ1) is 8.77. The predicted octanol–water partition coefficient (Wildman–Crippen LogP) is 0.689. The summed E-state index contributed by atoms with van der Waals surface area (Å²) >= 11 is 0. The molecular weight excluding hydrogens is 274 g/mol. The summed E-state index contributed by atoms with van der Waals surface area (Å²) in [6, 6.07) is 3.89. The fourth-order valence-electron chi connectivity index (χ4n) is 1.42. The average Bonchev–Trinajstić information content (AvgIpc) is 2.34. The molecule has 0 amide bonds. The Morgan fingerprint density at radius 1 is 1.53 bits per heavy atom. The summed E-state index contributed by atoms with van der Waals surface area (Å²) in [6.07, 6.45) is -0.183. The molecule has 0 aliphatic rings. The minimum atomic E-state index is -4.16. The van der Waals surface area contributed by atoms with Crippen LogP contribution in [0.15, 0.2) is 23.1 Å². The van der Waals surface area contributed by atoms with Crippen LogP contribution >= 0.6 is 0 Å². The first-order valence-corrected chi connectivity index (χ1v) is 6.89. The minimum absolute atomic E-state index is 0.0837. The third-order valence-corrected chi connectivity index (χ3v) is 3.41. The molecule has 3 N–H and O–H groups in total. The summed E-state index contributed by atoms with van der Waals surface area (Å²) in [7, 11) is -2.66. The number of anilines is 1. The van der Waals surface area contributed by atoms with Gasteiger partial charge in [0.15, 0.2) is 4.90 Å². The van der Waals surface area contributed by atoms with Crippen LogP contribution in [0.2, 0.25) is 0 Å². The van der Waals surface area contributed by atoms with Crippen molar-refractivity contribution < 1.29 is 18.1 Å². The van der Waals surface area contributed by atoms with Gasteiger partial charge in [0.2, 0.25) is 10.0 Å². The number of sulfonamides is 1. The van der Waals surface area contributed by atoms with Crippen molar-refractivity contribution in [2.24, 2.45) is 5.14 Å². The lowest BCUT2D eigenvalue weighted by molar-refractivity contribution is -0.386. The number of para-hydroxylation sites is 1. The Hall–Kier alpha value is -1.71. The molecule has 1 aromatic carbocycles. The molecule has 106 valence electrons. The molecule has 0 aliphatic carbocycles. The van der Waals surface area contributed by atoms with Crippen molar-refractivity contribution >= 4 is 21.4 Å². The maximum atomic E-state index is 11.3. The second-order valence-electron chi connectivity index (χ2n) is 3.88. The first kappa shape index (κ1) is 15.3. The van der Waals surface area contributed by atoms with Crippen LogP contribution in [0.25, 0.3) is 0 Å². The van der Waals surface area contributed by atoms with E-state index in [1.807, 2.05) is 0 Å². The van der Waals surface area contributed by atoms with Gasteiger partial charge in [-0.25, -0.2) is 13.6 Å². The standard InChI is InChI=1S/C10H15N3O5S/c1-7(18-2)6-12-8-4-3-5-9(19(11,16)17)10(8)13(14)15/h3-5,7,12H,6H2,1-2H3,(H2,11,16,17). The zero-order chi connectivity index (χ0) is 14.6. The molecule has 0 fully saturated rings. The normalized spacial score (nSPS) is 13.0. The zero-order valence-electron chi connectivity index (χ0n) is 10.5. The molecule has 0 heterocycles. The Morgan fingerprint density at radius 3 is 2.63 bits per heavy atom. The molecule has 19 heavy (non-hydrogen) atoms. The molecule has 1 aromatic rings. The fourth-order valence-corrected chi connectivity index (χ4v) is 2.14. The Labute approximate surface area is 110 Å². The SMILES string of the molecule is COC(C)CNc1cccc(S(N)(=O)=O)c1[N+](=O)[O-]. The molecule has 0 spiro atoms. The summed E-state index contributed by atoms with van der Waals surface area (Å²) < 4.78 is 27.6. The summed E-state index contributed by atoms with van der Waals surface area (Å²) in [5.74, 6) is 0. The van der Waals surface area contributed by atoms with Crippen LogP contribution in [0, 0.1) is 10.1 Å². The van der Waals surface area contributed by atoms with Gasteiger partial charge in [0.05, 0.1) is 11.0 Å². The van der Waals surface area contributed by atoms with Gasteiger partial charge in [-0.2, -0.15) is 0 Å². The lowest BCUT2D eigenvalue weighted by atomic mass is 10.2. The van der Waals surface area contributed by atoms with Crippen molar-refractivity contribution in [2.75, 3.05) is 19.0 Å². The Balaban J connectivity index is 3.22. The number of nitrogens with two attached hydrogens (primary N) is 1. The van der Waals surface area contributed by atoms with Crippen molar-refractivity contribution in [3.63, 3.8) is 0 Å². The van der Waals surface area contributed by atoms with Crippen LogP contribution in [-0.4, -0.2) is 33.1 Å². The van der Waals surface area contributed by atoms with E-state index in [4.69, 9.17) is 9.88 Å². The Kier molecular flexibility index (Phi) is 4.81. The number of primary sulfonamides is 1. The number of methoxy groups -OCH3 is 1. The molecule has 0 aliphatic heterocycles. The van der Waals surface area contributed by atoms with E-state index < -0.39 is 25.5 Å². The van der Waals surface area contributed by atoms with Gasteiger partial charge in [0.25, 0.3) is 0 Å². The van der Waals surface area contributed by atoms with Crippen molar-refractivity contribution in [3.05, 3.63) is 28.3 Å². The van der Waals surface area contributed by atoms with Gasteiger partial charge in [-0.1, -0.05) is 6.07 Å². The maximum Gasteiger partial charge on any atom is 0.312 e.